The number of hydrogen-bond acceptors (Lipinski definition) is 5. The van der Waals surface area contributed by atoms with E-state index in [0.717, 1.165) is 25.2 Å². The van der Waals surface area contributed by atoms with E-state index in [1.807, 2.05) is 23.2 Å². The first-order chi connectivity index (χ1) is 12.7. The molecule has 7 heteroatoms. The zero-order chi connectivity index (χ0) is 18.4. The Morgan fingerprint density at radius 2 is 2.04 bits per heavy atom. The Kier molecular flexibility index (Phi) is 6.30. The molecule has 0 bridgehead atoms. The van der Waals surface area contributed by atoms with E-state index < -0.39 is 0 Å². The highest BCUT2D eigenvalue weighted by molar-refractivity contribution is 6.30. The minimum absolute atomic E-state index is 0.0322. The summed E-state index contributed by atoms with van der Waals surface area (Å²) in [6.45, 7) is 3.85. The number of benzene rings is 1. The van der Waals surface area contributed by atoms with Crippen LogP contribution in [0, 0.1) is 0 Å². The molecule has 2 aromatic rings. The van der Waals surface area contributed by atoms with Crippen molar-refractivity contribution in [2.24, 2.45) is 5.73 Å². The van der Waals surface area contributed by atoms with Crippen LogP contribution in [0.4, 0.5) is 5.69 Å². The predicted octanol–water partition coefficient (Wildman–Crippen LogP) is 2.43. The third kappa shape index (κ3) is 4.45. The number of anilines is 1. The van der Waals surface area contributed by atoms with Crippen LogP contribution in [0.2, 0.25) is 5.02 Å². The number of pyridine rings is 1. The molecule has 1 aliphatic rings. The molecule has 1 aromatic carbocycles. The summed E-state index contributed by atoms with van der Waals surface area (Å²) in [6.07, 6.45) is 4.33. The van der Waals surface area contributed by atoms with Gasteiger partial charge in [-0.2, -0.15) is 0 Å². The topological polar surface area (TPSA) is 71.7 Å². The number of carbonyl (C=O) groups is 1. The summed E-state index contributed by atoms with van der Waals surface area (Å²) >= 11 is 6.06. The van der Waals surface area contributed by atoms with Gasteiger partial charge < -0.3 is 20.3 Å². The quantitative estimate of drug-likeness (QED) is 0.786. The number of ether oxygens (including phenoxy) is 1. The van der Waals surface area contributed by atoms with Crippen molar-refractivity contribution in [3.8, 4) is 5.75 Å². The highest BCUT2D eigenvalue weighted by Gasteiger charge is 2.24. The lowest BCUT2D eigenvalue weighted by Gasteiger charge is -2.36. The first-order valence-corrected chi connectivity index (χ1v) is 9.13. The molecule has 138 valence electrons. The number of nitrogens with two attached hydrogens (primary N) is 1. The van der Waals surface area contributed by atoms with Gasteiger partial charge in [0.1, 0.15) is 5.75 Å². The van der Waals surface area contributed by atoms with Gasteiger partial charge in [-0.15, -0.1) is 0 Å². The smallest absolute Gasteiger partial charge is 0.257 e. The molecule has 1 fully saturated rings. The number of aromatic nitrogens is 1. The molecule has 1 aromatic heterocycles. The maximum absolute atomic E-state index is 13.0. The molecule has 0 spiro atoms. The summed E-state index contributed by atoms with van der Waals surface area (Å²) < 4.78 is 5.73. The molecule has 2 N–H and O–H groups in total. The van der Waals surface area contributed by atoms with Gasteiger partial charge in [0.05, 0.1) is 24.1 Å². The second-order valence-electron chi connectivity index (χ2n) is 6.12. The van der Waals surface area contributed by atoms with Crippen LogP contribution in [0.3, 0.4) is 0 Å². The lowest BCUT2D eigenvalue weighted by molar-refractivity contribution is 0.0742. The number of halogens is 1. The molecule has 0 saturated carbocycles. The molecular weight excluding hydrogens is 352 g/mol. The lowest BCUT2D eigenvalue weighted by atomic mass is 10.1. The van der Waals surface area contributed by atoms with Gasteiger partial charge in [-0.1, -0.05) is 11.6 Å². The van der Waals surface area contributed by atoms with Gasteiger partial charge in [0.2, 0.25) is 0 Å². The molecule has 0 atom stereocenters. The van der Waals surface area contributed by atoms with Crippen LogP contribution in [0.5, 0.6) is 5.75 Å². The van der Waals surface area contributed by atoms with E-state index in [1.54, 1.807) is 24.4 Å². The van der Waals surface area contributed by atoms with E-state index in [4.69, 9.17) is 22.1 Å². The van der Waals surface area contributed by atoms with Crippen LogP contribution >= 0.6 is 11.6 Å². The molecule has 2 heterocycles. The number of piperazine rings is 1. The van der Waals surface area contributed by atoms with Crippen molar-refractivity contribution in [3.05, 3.63) is 53.3 Å². The van der Waals surface area contributed by atoms with E-state index >= 15 is 0 Å². The molecule has 0 radical (unpaired) electrons. The zero-order valence-electron chi connectivity index (χ0n) is 14.6. The van der Waals surface area contributed by atoms with Crippen molar-refractivity contribution in [1.82, 2.24) is 9.88 Å². The fourth-order valence-corrected chi connectivity index (χ4v) is 3.10. The Hall–Kier alpha value is -2.31. The van der Waals surface area contributed by atoms with E-state index in [9.17, 15) is 4.79 Å². The second-order valence-corrected chi connectivity index (χ2v) is 6.56. The van der Waals surface area contributed by atoms with E-state index in [1.165, 1.54) is 0 Å². The zero-order valence-corrected chi connectivity index (χ0v) is 15.4. The normalized spacial score (nSPS) is 14.4. The van der Waals surface area contributed by atoms with Crippen molar-refractivity contribution in [2.75, 3.05) is 44.2 Å². The summed E-state index contributed by atoms with van der Waals surface area (Å²) in [7, 11) is 0. The van der Waals surface area contributed by atoms with Crippen molar-refractivity contribution < 1.29 is 9.53 Å². The minimum Gasteiger partial charge on any atom is -0.493 e. The number of nitrogens with zero attached hydrogens (tertiary/aromatic N) is 3. The van der Waals surface area contributed by atoms with E-state index in [-0.39, 0.29) is 5.91 Å². The van der Waals surface area contributed by atoms with Crippen molar-refractivity contribution in [2.45, 2.75) is 6.42 Å². The summed E-state index contributed by atoms with van der Waals surface area (Å²) in [5.41, 5.74) is 7.13. The van der Waals surface area contributed by atoms with Crippen molar-refractivity contribution in [3.63, 3.8) is 0 Å². The Balaban J connectivity index is 1.66. The fourth-order valence-electron chi connectivity index (χ4n) is 2.94. The van der Waals surface area contributed by atoms with Gasteiger partial charge in [0, 0.05) is 37.4 Å². The van der Waals surface area contributed by atoms with Crippen LogP contribution in [-0.2, 0) is 0 Å². The Morgan fingerprint density at radius 3 is 2.73 bits per heavy atom. The van der Waals surface area contributed by atoms with Crippen LogP contribution in [0.1, 0.15) is 16.8 Å². The van der Waals surface area contributed by atoms with Gasteiger partial charge in [0.25, 0.3) is 5.91 Å². The van der Waals surface area contributed by atoms with Crippen LogP contribution in [-0.4, -0.2) is 55.1 Å². The van der Waals surface area contributed by atoms with Gasteiger partial charge >= 0.3 is 0 Å². The first-order valence-electron chi connectivity index (χ1n) is 8.75. The van der Waals surface area contributed by atoms with Crippen molar-refractivity contribution in [1.29, 1.82) is 0 Å². The first kappa shape index (κ1) is 18.5. The predicted molar refractivity (Wildman–Crippen MR) is 103 cm³/mol. The van der Waals surface area contributed by atoms with E-state index in [0.29, 0.717) is 42.6 Å². The average molecular weight is 375 g/mol. The number of hydrogen-bond donors (Lipinski definition) is 1. The summed E-state index contributed by atoms with van der Waals surface area (Å²) in [4.78, 5) is 21.2. The molecule has 26 heavy (non-hydrogen) atoms. The highest BCUT2D eigenvalue weighted by Crippen LogP contribution is 2.26. The Bertz CT molecular complexity index is 734. The average Bonchev–Trinajstić information content (AvgIpc) is 2.69. The summed E-state index contributed by atoms with van der Waals surface area (Å²) in [6, 6.07) is 9.10. The number of carbonyl (C=O) groups excluding carboxylic acids is 1. The number of amides is 1. The van der Waals surface area contributed by atoms with E-state index in [2.05, 4.69) is 9.88 Å². The molecule has 1 aliphatic heterocycles. The lowest BCUT2D eigenvalue weighted by Crippen LogP contribution is -2.48. The Labute approximate surface area is 158 Å². The third-order valence-corrected chi connectivity index (χ3v) is 4.59. The molecule has 0 unspecified atom stereocenters. The largest absolute Gasteiger partial charge is 0.493 e. The maximum Gasteiger partial charge on any atom is 0.257 e. The van der Waals surface area contributed by atoms with Crippen LogP contribution in [0.25, 0.3) is 0 Å². The van der Waals surface area contributed by atoms with Crippen LogP contribution < -0.4 is 15.4 Å². The van der Waals surface area contributed by atoms with Crippen LogP contribution in [0.15, 0.2) is 42.7 Å². The third-order valence-electron chi connectivity index (χ3n) is 4.36. The molecule has 0 aliphatic carbocycles. The molecule has 3 rings (SSSR count). The summed E-state index contributed by atoms with van der Waals surface area (Å²) in [5.74, 6) is 0.487. The second kappa shape index (κ2) is 8.87. The SMILES string of the molecule is NCCCOc1cc(Cl)ccc1C(=O)N1CCN(c2cccnc2)CC1. The minimum atomic E-state index is -0.0322. The standard InChI is InChI=1S/C19H23ClN4O2/c20-15-4-5-17(18(13-15)26-12-2-6-21)19(25)24-10-8-23(9-11-24)16-3-1-7-22-14-16/h1,3-5,7,13-14H,2,6,8-12,21H2. The van der Waals surface area contributed by atoms with Crippen molar-refractivity contribution >= 4 is 23.2 Å². The van der Waals surface area contributed by atoms with Gasteiger partial charge in [-0.05, 0) is 43.3 Å². The molecule has 6 nitrogen and oxygen atoms in total. The van der Waals surface area contributed by atoms with Gasteiger partial charge in [0.15, 0.2) is 0 Å². The fraction of sp³-hybridized carbons (Fsp3) is 0.368. The summed E-state index contributed by atoms with van der Waals surface area (Å²) in [5, 5.41) is 0.547. The maximum atomic E-state index is 13.0. The highest BCUT2D eigenvalue weighted by atomic mass is 35.5. The molecule has 1 amide bonds. The molecular formula is C19H23ClN4O2. The monoisotopic (exact) mass is 374 g/mol. The van der Waals surface area contributed by atoms with Gasteiger partial charge in [-0.3, -0.25) is 9.78 Å². The van der Waals surface area contributed by atoms with Gasteiger partial charge in [-0.25, -0.2) is 0 Å². The Morgan fingerprint density at radius 1 is 1.23 bits per heavy atom. The molecule has 1 saturated heterocycles. The number of rotatable bonds is 6.